The molecule has 1 aliphatic carbocycles. The van der Waals surface area contributed by atoms with Crippen LogP contribution in [0.2, 0.25) is 0 Å². The summed E-state index contributed by atoms with van der Waals surface area (Å²) >= 11 is 1.12. The van der Waals surface area contributed by atoms with E-state index in [1.54, 1.807) is 0 Å². The van der Waals surface area contributed by atoms with E-state index in [4.69, 9.17) is 15.3 Å². The number of nitrogens with zero attached hydrogens (tertiary/aromatic N) is 3. The van der Waals surface area contributed by atoms with E-state index in [1.165, 1.54) is 20.3 Å². The maximum absolute atomic E-state index is 15.5. The van der Waals surface area contributed by atoms with Gasteiger partial charge < -0.3 is 24.8 Å². The zero-order valence-corrected chi connectivity index (χ0v) is 17.9. The highest BCUT2D eigenvalue weighted by atomic mass is 32.1. The van der Waals surface area contributed by atoms with Gasteiger partial charge in [-0.15, -0.1) is 0 Å². The molecule has 2 aliphatic rings. The lowest BCUT2D eigenvalue weighted by molar-refractivity contribution is 0.211. The summed E-state index contributed by atoms with van der Waals surface area (Å²) in [4.78, 5) is 32.7. The van der Waals surface area contributed by atoms with Crippen LogP contribution in [0.3, 0.4) is 0 Å². The quantitative estimate of drug-likeness (QED) is 0.576. The molecule has 11 heteroatoms. The fraction of sp³-hybridized carbons (Fsp3) is 0.450. The number of anilines is 1. The summed E-state index contributed by atoms with van der Waals surface area (Å²) < 4.78 is 25.8. The Balaban J connectivity index is 1.82. The molecule has 3 N–H and O–H groups in total. The average molecular weight is 447 g/mol. The van der Waals surface area contributed by atoms with Crippen LogP contribution in [0.15, 0.2) is 20.8 Å². The van der Waals surface area contributed by atoms with E-state index < -0.39 is 16.8 Å². The summed E-state index contributed by atoms with van der Waals surface area (Å²) in [5.74, 6) is -0.400. The molecule has 1 aromatic carbocycles. The number of ether oxygens (including phenoxy) is 1. The molecule has 2 fully saturated rings. The molecule has 1 aliphatic heterocycles. The molecule has 1 saturated heterocycles. The van der Waals surface area contributed by atoms with Crippen molar-refractivity contribution in [1.82, 2.24) is 8.94 Å². The van der Waals surface area contributed by atoms with Crippen LogP contribution >= 0.6 is 11.5 Å². The number of benzene rings is 1. The molecular weight excluding hydrogens is 425 g/mol. The van der Waals surface area contributed by atoms with Crippen LogP contribution in [0.25, 0.3) is 21.1 Å². The molecule has 0 amide bonds. The van der Waals surface area contributed by atoms with Crippen LogP contribution in [0.4, 0.5) is 10.1 Å². The Morgan fingerprint density at radius 1 is 1.35 bits per heavy atom. The Morgan fingerprint density at radius 3 is 2.77 bits per heavy atom. The molecule has 164 valence electrons. The minimum atomic E-state index is -0.593. The number of pyridine rings is 1. The predicted molar refractivity (Wildman–Crippen MR) is 118 cm³/mol. The Kier molecular flexibility index (Phi) is 4.74. The summed E-state index contributed by atoms with van der Waals surface area (Å²) in [5.41, 5.74) is 6.44. The third kappa shape index (κ3) is 2.94. The molecular formula is C20H22FN5O4S. The second-order valence-electron chi connectivity index (χ2n) is 7.86. The molecule has 0 spiro atoms. The van der Waals surface area contributed by atoms with Gasteiger partial charge in [0.05, 0.1) is 30.3 Å². The molecule has 3 aromatic rings. The first-order chi connectivity index (χ1) is 15.0. The molecule has 1 saturated carbocycles. The molecule has 0 radical (unpaired) electrons. The summed E-state index contributed by atoms with van der Waals surface area (Å²) in [6, 6.07) is 1.35. The van der Waals surface area contributed by atoms with E-state index >= 15 is 4.39 Å². The summed E-state index contributed by atoms with van der Waals surface area (Å²) in [7, 11) is 2.92. The zero-order chi connectivity index (χ0) is 21.9. The maximum Gasteiger partial charge on any atom is 0.271 e. The third-order valence-electron chi connectivity index (χ3n) is 5.99. The summed E-state index contributed by atoms with van der Waals surface area (Å²) in [6.07, 6.45) is 1.83. The van der Waals surface area contributed by atoms with Crippen molar-refractivity contribution in [2.45, 2.75) is 18.9 Å². The van der Waals surface area contributed by atoms with Gasteiger partial charge in [0.1, 0.15) is 23.0 Å². The van der Waals surface area contributed by atoms with Gasteiger partial charge in [0.2, 0.25) is 5.43 Å². The first-order valence-electron chi connectivity index (χ1n) is 10.0. The number of hydrogen-bond acceptors (Lipinski definition) is 8. The number of nitrogens with one attached hydrogen (secondary N) is 1. The standard InChI is InChI=1S/C20H22FN5O4S/c1-29-18-15-11(17(27)14-19(28)24-31-20(14)26(15)10-3-4-10)5-12(21)16(18)25-7-9(6-22)13(8-25)23-30-2/h5,9-10H,3-4,6-8,22H2,1-2H3,(H,24,28)/b23-13+. The number of aromatic amines is 1. The lowest BCUT2D eigenvalue weighted by Crippen LogP contribution is -2.25. The van der Waals surface area contributed by atoms with E-state index in [-0.39, 0.29) is 34.2 Å². The predicted octanol–water partition coefficient (Wildman–Crippen LogP) is 1.78. The normalized spacial score (nSPS) is 20.3. The highest BCUT2D eigenvalue weighted by Crippen LogP contribution is 2.46. The number of aromatic nitrogens is 2. The molecule has 5 rings (SSSR count). The van der Waals surface area contributed by atoms with Crippen LogP contribution in [0, 0.1) is 11.7 Å². The van der Waals surface area contributed by atoms with E-state index in [2.05, 4.69) is 9.53 Å². The Bertz CT molecular complexity index is 1340. The van der Waals surface area contributed by atoms with Gasteiger partial charge in [0.25, 0.3) is 5.56 Å². The van der Waals surface area contributed by atoms with E-state index in [0.717, 1.165) is 30.1 Å². The lowest BCUT2D eigenvalue weighted by atomic mass is 10.1. The Hall–Kier alpha value is -2.92. The van der Waals surface area contributed by atoms with Crippen molar-refractivity contribution in [2.75, 3.05) is 38.8 Å². The SMILES string of the molecule is CO/N=C1\CN(c2c(F)cc3c(=O)c4c(=O)[nH]sc4n(C4CC4)c3c2OC)CC1CN. The molecule has 2 aromatic heterocycles. The topological polar surface area (TPSA) is 115 Å². The van der Waals surface area contributed by atoms with Crippen LogP contribution in [0.5, 0.6) is 5.75 Å². The molecule has 0 bridgehead atoms. The summed E-state index contributed by atoms with van der Waals surface area (Å²) in [6.45, 7) is 1.13. The number of rotatable bonds is 5. The van der Waals surface area contributed by atoms with Crippen LogP contribution < -0.4 is 26.4 Å². The van der Waals surface area contributed by atoms with Crippen LogP contribution in [0.1, 0.15) is 18.9 Å². The van der Waals surface area contributed by atoms with Crippen molar-refractivity contribution in [2.24, 2.45) is 16.8 Å². The van der Waals surface area contributed by atoms with Crippen LogP contribution in [-0.2, 0) is 4.84 Å². The number of hydrogen-bond donors (Lipinski definition) is 2. The molecule has 9 nitrogen and oxygen atoms in total. The van der Waals surface area contributed by atoms with Gasteiger partial charge >= 0.3 is 0 Å². The van der Waals surface area contributed by atoms with Crippen molar-refractivity contribution < 1.29 is 14.0 Å². The minimum absolute atomic E-state index is 0.0671. The van der Waals surface area contributed by atoms with Gasteiger partial charge in [-0.25, -0.2) is 4.39 Å². The van der Waals surface area contributed by atoms with Gasteiger partial charge in [-0.1, -0.05) is 5.16 Å². The second-order valence-corrected chi connectivity index (χ2v) is 8.65. The molecule has 3 heterocycles. The Morgan fingerprint density at radius 2 is 2.13 bits per heavy atom. The van der Waals surface area contributed by atoms with E-state index in [9.17, 15) is 9.59 Å². The van der Waals surface area contributed by atoms with E-state index in [0.29, 0.717) is 30.0 Å². The maximum atomic E-state index is 15.5. The second kappa shape index (κ2) is 7.34. The third-order valence-corrected chi connectivity index (χ3v) is 6.87. The smallest absolute Gasteiger partial charge is 0.271 e. The van der Waals surface area contributed by atoms with Gasteiger partial charge in [-0.05, 0) is 30.4 Å². The van der Waals surface area contributed by atoms with Crippen LogP contribution in [-0.4, -0.2) is 48.5 Å². The fourth-order valence-corrected chi connectivity index (χ4v) is 5.37. The number of oxime groups is 1. The largest absolute Gasteiger partial charge is 0.492 e. The van der Waals surface area contributed by atoms with Gasteiger partial charge in [0.15, 0.2) is 11.6 Å². The van der Waals surface area contributed by atoms with Crippen molar-refractivity contribution in [3.8, 4) is 5.75 Å². The lowest BCUT2D eigenvalue weighted by Gasteiger charge is -2.24. The van der Waals surface area contributed by atoms with Crippen molar-refractivity contribution in [3.63, 3.8) is 0 Å². The van der Waals surface area contributed by atoms with Crippen molar-refractivity contribution in [1.29, 1.82) is 0 Å². The summed E-state index contributed by atoms with van der Waals surface area (Å²) in [5, 5.41) is 4.26. The molecule has 1 unspecified atom stereocenters. The van der Waals surface area contributed by atoms with Gasteiger partial charge in [-0.3, -0.25) is 14.0 Å². The molecule has 31 heavy (non-hydrogen) atoms. The van der Waals surface area contributed by atoms with Gasteiger partial charge in [-0.2, -0.15) is 0 Å². The average Bonchev–Trinajstić information content (AvgIpc) is 3.40. The molecule has 1 atom stereocenters. The minimum Gasteiger partial charge on any atom is -0.492 e. The first kappa shape index (κ1) is 20.0. The number of fused-ring (bicyclic) bond motifs is 2. The fourth-order valence-electron chi connectivity index (χ4n) is 4.45. The number of H-pyrrole nitrogens is 1. The first-order valence-corrected chi connectivity index (χ1v) is 10.8. The Labute approximate surface area is 180 Å². The van der Waals surface area contributed by atoms with Crippen molar-refractivity contribution in [3.05, 3.63) is 32.5 Å². The highest BCUT2D eigenvalue weighted by Gasteiger charge is 2.36. The monoisotopic (exact) mass is 447 g/mol. The van der Waals surface area contributed by atoms with Crippen molar-refractivity contribution >= 4 is 44.1 Å². The van der Waals surface area contributed by atoms with E-state index in [1.807, 2.05) is 9.47 Å². The number of nitrogens with two attached hydrogens (primary N) is 1. The zero-order valence-electron chi connectivity index (χ0n) is 17.1. The number of halogens is 1. The highest BCUT2D eigenvalue weighted by molar-refractivity contribution is 7.12. The number of methoxy groups -OCH3 is 1. The van der Waals surface area contributed by atoms with Gasteiger partial charge in [0, 0.05) is 25.0 Å².